The summed E-state index contributed by atoms with van der Waals surface area (Å²) in [4.78, 5) is 40.9. The second kappa shape index (κ2) is 12.2. The van der Waals surface area contributed by atoms with Gasteiger partial charge in [-0.2, -0.15) is 0 Å². The Morgan fingerprint density at radius 2 is 1.59 bits per heavy atom. The number of nitrogens with zero attached hydrogens (tertiary/aromatic N) is 2. The molecule has 0 atom stereocenters. The summed E-state index contributed by atoms with van der Waals surface area (Å²) in [6.45, 7) is 12.6. The molecule has 0 aromatic heterocycles. The third kappa shape index (κ3) is 7.60. The average Bonchev–Trinajstić information content (AvgIpc) is 2.82. The van der Waals surface area contributed by atoms with Crippen molar-refractivity contribution in [1.29, 1.82) is 0 Å². The number of carbonyl (C=O) groups is 3. The van der Waals surface area contributed by atoms with Gasteiger partial charge in [-0.3, -0.25) is 4.90 Å². The fourth-order valence-electron chi connectivity index (χ4n) is 4.97. The van der Waals surface area contributed by atoms with Gasteiger partial charge < -0.3 is 23.8 Å². The molecular weight excluding hydrogens is 476 g/mol. The number of benzene rings is 1. The van der Waals surface area contributed by atoms with E-state index in [-0.39, 0.29) is 23.3 Å². The molecule has 1 aliphatic heterocycles. The highest BCUT2D eigenvalue weighted by Gasteiger charge is 2.38. The fraction of sp³-hybridized carbons (Fsp3) is 0.679. The zero-order valence-electron chi connectivity index (χ0n) is 23.2. The molecule has 2 fully saturated rings. The largest absolute Gasteiger partial charge is 0.490 e. The van der Waals surface area contributed by atoms with Crippen LogP contribution in [0.4, 0.5) is 4.79 Å². The zero-order chi connectivity index (χ0) is 27.3. The van der Waals surface area contributed by atoms with Crippen molar-refractivity contribution in [2.45, 2.75) is 84.1 Å². The van der Waals surface area contributed by atoms with Crippen molar-refractivity contribution in [3.05, 3.63) is 29.3 Å². The first kappa shape index (κ1) is 28.8. The highest BCUT2D eigenvalue weighted by molar-refractivity contribution is 6.03. The molecule has 2 aliphatic rings. The van der Waals surface area contributed by atoms with Gasteiger partial charge in [0.05, 0.1) is 25.3 Å². The molecule has 1 saturated carbocycles. The van der Waals surface area contributed by atoms with Crippen molar-refractivity contribution < 1.29 is 33.3 Å². The minimum atomic E-state index is -0.610. The molecular formula is C28H42N2O7. The van der Waals surface area contributed by atoms with Crippen LogP contribution in [0.3, 0.4) is 0 Å². The summed E-state index contributed by atoms with van der Waals surface area (Å²) in [6, 6.07) is 5.59. The van der Waals surface area contributed by atoms with Gasteiger partial charge in [0.1, 0.15) is 17.5 Å². The van der Waals surface area contributed by atoms with Crippen molar-refractivity contribution in [2.75, 3.05) is 33.9 Å². The predicted molar refractivity (Wildman–Crippen MR) is 139 cm³/mol. The average molecular weight is 519 g/mol. The summed E-state index contributed by atoms with van der Waals surface area (Å²) >= 11 is 0. The molecule has 0 radical (unpaired) electrons. The van der Waals surface area contributed by atoms with E-state index in [1.54, 1.807) is 12.1 Å². The van der Waals surface area contributed by atoms with Crippen LogP contribution < -0.4 is 4.74 Å². The Balaban J connectivity index is 1.52. The Hall–Kier alpha value is -2.81. The second-order valence-electron chi connectivity index (χ2n) is 11.3. The minimum absolute atomic E-state index is 0.0368. The quantitative estimate of drug-likeness (QED) is 0.366. The molecule has 9 nitrogen and oxygen atoms in total. The first-order chi connectivity index (χ1) is 17.4. The third-order valence-electron chi connectivity index (χ3n) is 7.04. The summed E-state index contributed by atoms with van der Waals surface area (Å²) in [7, 11) is 2.54. The SMILES string of the molecule is COC(=O)c1ccc(OC2CC(N(CC3CCN(C(=O)OC(C)(C)C)CC3)C(C)C)C2)cc1C(=O)OC. The highest BCUT2D eigenvalue weighted by Crippen LogP contribution is 2.33. The van der Waals surface area contributed by atoms with Crippen LogP contribution in [0.5, 0.6) is 5.75 Å². The fourth-order valence-corrected chi connectivity index (χ4v) is 4.97. The van der Waals surface area contributed by atoms with E-state index in [4.69, 9.17) is 18.9 Å². The summed E-state index contributed by atoms with van der Waals surface area (Å²) in [5.74, 6) is -0.141. The van der Waals surface area contributed by atoms with Crippen molar-refractivity contribution in [2.24, 2.45) is 5.92 Å². The number of hydrogen-bond acceptors (Lipinski definition) is 8. The van der Waals surface area contributed by atoms with Gasteiger partial charge in [-0.25, -0.2) is 14.4 Å². The maximum Gasteiger partial charge on any atom is 0.410 e. The van der Waals surface area contributed by atoms with Gasteiger partial charge in [0.2, 0.25) is 0 Å². The van der Waals surface area contributed by atoms with E-state index in [1.165, 1.54) is 20.3 Å². The van der Waals surface area contributed by atoms with E-state index in [1.807, 2.05) is 25.7 Å². The predicted octanol–water partition coefficient (Wildman–Crippen LogP) is 4.53. The lowest BCUT2D eigenvalue weighted by molar-refractivity contribution is -0.0134. The minimum Gasteiger partial charge on any atom is -0.490 e. The number of carbonyl (C=O) groups excluding carboxylic acids is 3. The lowest BCUT2D eigenvalue weighted by Gasteiger charge is -2.46. The number of esters is 2. The molecule has 0 N–H and O–H groups in total. The van der Waals surface area contributed by atoms with Gasteiger partial charge in [0, 0.05) is 44.6 Å². The second-order valence-corrected chi connectivity index (χ2v) is 11.3. The molecule has 1 saturated heterocycles. The Labute approximate surface area is 220 Å². The maximum atomic E-state index is 12.4. The Bertz CT molecular complexity index is 958. The molecule has 1 aromatic carbocycles. The molecule has 0 unspecified atom stereocenters. The highest BCUT2D eigenvalue weighted by atomic mass is 16.6. The number of methoxy groups -OCH3 is 2. The molecule has 1 amide bonds. The summed E-state index contributed by atoms with van der Waals surface area (Å²) in [6.07, 6.45) is 3.54. The zero-order valence-corrected chi connectivity index (χ0v) is 23.2. The van der Waals surface area contributed by atoms with E-state index in [0.29, 0.717) is 23.8 Å². The number of amides is 1. The molecule has 37 heavy (non-hydrogen) atoms. The van der Waals surface area contributed by atoms with Crippen molar-refractivity contribution in [3.63, 3.8) is 0 Å². The van der Waals surface area contributed by atoms with Crippen molar-refractivity contribution in [1.82, 2.24) is 9.80 Å². The van der Waals surface area contributed by atoms with Gasteiger partial charge in [-0.05, 0) is 71.6 Å². The maximum absolute atomic E-state index is 12.4. The molecule has 0 spiro atoms. The molecule has 0 bridgehead atoms. The Kier molecular flexibility index (Phi) is 9.45. The van der Waals surface area contributed by atoms with Crippen molar-refractivity contribution >= 4 is 18.0 Å². The number of likely N-dealkylation sites (tertiary alicyclic amines) is 1. The molecule has 206 valence electrons. The molecule has 1 aromatic rings. The van der Waals surface area contributed by atoms with Gasteiger partial charge in [0.25, 0.3) is 0 Å². The van der Waals surface area contributed by atoms with Crippen LogP contribution in [0.2, 0.25) is 0 Å². The van der Waals surface area contributed by atoms with E-state index >= 15 is 0 Å². The Morgan fingerprint density at radius 1 is 1.00 bits per heavy atom. The molecule has 9 heteroatoms. The molecule has 3 rings (SSSR count). The lowest BCUT2D eigenvalue weighted by atomic mass is 9.85. The smallest absolute Gasteiger partial charge is 0.410 e. The Morgan fingerprint density at radius 3 is 2.14 bits per heavy atom. The third-order valence-corrected chi connectivity index (χ3v) is 7.04. The first-order valence-corrected chi connectivity index (χ1v) is 13.1. The van der Waals surface area contributed by atoms with Gasteiger partial charge >= 0.3 is 18.0 Å². The standard InChI is InChI=1S/C28H42N2O7/c1-18(2)30(17-19-10-12-29(13-11-19)27(33)37-28(3,4)5)20-14-22(15-20)36-21-8-9-23(25(31)34-6)24(16-21)26(32)35-7/h8-9,16,18-20,22H,10-15,17H2,1-7H3. The van der Waals surface area contributed by atoms with E-state index in [2.05, 4.69) is 18.7 Å². The molecule has 1 aliphatic carbocycles. The number of hydrogen-bond donors (Lipinski definition) is 0. The van der Waals surface area contributed by atoms with Crippen LogP contribution in [0.15, 0.2) is 18.2 Å². The van der Waals surface area contributed by atoms with Crippen LogP contribution in [0.25, 0.3) is 0 Å². The van der Waals surface area contributed by atoms with Crippen LogP contribution >= 0.6 is 0 Å². The van der Waals surface area contributed by atoms with E-state index in [9.17, 15) is 14.4 Å². The normalized spacial score (nSPS) is 20.4. The lowest BCUT2D eigenvalue weighted by Crippen LogP contribution is -2.54. The van der Waals surface area contributed by atoms with Gasteiger partial charge in [-0.1, -0.05) is 0 Å². The summed E-state index contributed by atoms with van der Waals surface area (Å²) in [5, 5.41) is 0. The van der Waals surface area contributed by atoms with Gasteiger partial charge in [-0.15, -0.1) is 0 Å². The molecule has 1 heterocycles. The number of rotatable bonds is 8. The van der Waals surface area contributed by atoms with Crippen LogP contribution in [0, 0.1) is 5.92 Å². The number of piperidine rings is 1. The van der Waals surface area contributed by atoms with Crippen LogP contribution in [0.1, 0.15) is 81.0 Å². The summed E-state index contributed by atoms with van der Waals surface area (Å²) in [5.41, 5.74) is -0.198. The van der Waals surface area contributed by atoms with Crippen LogP contribution in [-0.4, -0.2) is 85.5 Å². The topological polar surface area (TPSA) is 94.6 Å². The number of ether oxygens (including phenoxy) is 4. The van der Waals surface area contributed by atoms with Crippen LogP contribution in [-0.2, 0) is 14.2 Å². The first-order valence-electron chi connectivity index (χ1n) is 13.1. The summed E-state index contributed by atoms with van der Waals surface area (Å²) < 4.78 is 21.3. The van der Waals surface area contributed by atoms with E-state index < -0.39 is 17.5 Å². The monoisotopic (exact) mass is 518 g/mol. The van der Waals surface area contributed by atoms with E-state index in [0.717, 1.165) is 45.3 Å². The van der Waals surface area contributed by atoms with Crippen molar-refractivity contribution in [3.8, 4) is 5.75 Å². The van der Waals surface area contributed by atoms with Gasteiger partial charge in [0.15, 0.2) is 0 Å².